The van der Waals surface area contributed by atoms with Crippen molar-refractivity contribution < 1.29 is 27.9 Å². The van der Waals surface area contributed by atoms with Crippen molar-refractivity contribution in [3.05, 3.63) is 0 Å². The van der Waals surface area contributed by atoms with E-state index < -0.39 is 39.0 Å². The van der Waals surface area contributed by atoms with Crippen LogP contribution in [0.1, 0.15) is 38.5 Å². The van der Waals surface area contributed by atoms with E-state index in [2.05, 4.69) is 0 Å². The molecule has 22 heavy (non-hydrogen) atoms. The second kappa shape index (κ2) is 6.95. The summed E-state index contributed by atoms with van der Waals surface area (Å²) in [5.41, 5.74) is 0. The number of carboxylic acids is 1. The molecule has 3 unspecified atom stereocenters. The van der Waals surface area contributed by atoms with Crippen LogP contribution in [0.25, 0.3) is 0 Å². The molecule has 2 aliphatic rings. The maximum absolute atomic E-state index is 12.9. The fraction of sp³-hybridized carbons (Fsp3) is 0.857. The number of piperidine rings is 1. The van der Waals surface area contributed by atoms with Crippen molar-refractivity contribution >= 4 is 22.0 Å². The predicted octanol–water partition coefficient (Wildman–Crippen LogP) is 0.845. The standard InChI is InChI=1S/C14H23NO6S/c1-21-14(18)11-6-2-3-7-12(11)22(19,20)15-8-4-5-10(9-15)13(16)17/h10-12H,2-9H2,1H3,(H,16,17). The third-order valence-electron chi connectivity index (χ3n) is 4.68. The van der Waals surface area contributed by atoms with Crippen molar-refractivity contribution in [1.82, 2.24) is 4.31 Å². The highest BCUT2D eigenvalue weighted by molar-refractivity contribution is 7.89. The topological polar surface area (TPSA) is 101 Å². The van der Waals surface area contributed by atoms with Crippen LogP contribution in [-0.2, 0) is 24.3 Å². The molecule has 3 atom stereocenters. The highest BCUT2D eigenvalue weighted by Crippen LogP contribution is 2.33. The van der Waals surface area contributed by atoms with Gasteiger partial charge in [-0.2, -0.15) is 0 Å². The molecule has 0 aromatic heterocycles. The molecule has 2 fully saturated rings. The molecule has 1 aliphatic heterocycles. The number of carbonyl (C=O) groups excluding carboxylic acids is 1. The Labute approximate surface area is 130 Å². The molecule has 1 N–H and O–H groups in total. The third kappa shape index (κ3) is 3.43. The van der Waals surface area contributed by atoms with Crippen molar-refractivity contribution in [2.24, 2.45) is 11.8 Å². The number of nitrogens with zero attached hydrogens (tertiary/aromatic N) is 1. The molecular weight excluding hydrogens is 310 g/mol. The summed E-state index contributed by atoms with van der Waals surface area (Å²) in [6.07, 6.45) is 3.53. The normalized spacial score (nSPS) is 30.7. The minimum atomic E-state index is -3.69. The van der Waals surface area contributed by atoms with E-state index in [1.54, 1.807) is 0 Å². The van der Waals surface area contributed by atoms with Crippen molar-refractivity contribution in [1.29, 1.82) is 0 Å². The molecule has 0 spiro atoms. The average Bonchev–Trinajstić information content (AvgIpc) is 2.54. The van der Waals surface area contributed by atoms with E-state index in [0.717, 1.165) is 12.8 Å². The summed E-state index contributed by atoms with van der Waals surface area (Å²) in [7, 11) is -2.42. The Hall–Kier alpha value is -1.15. The van der Waals surface area contributed by atoms with Crippen molar-refractivity contribution in [3.8, 4) is 0 Å². The van der Waals surface area contributed by atoms with E-state index in [-0.39, 0.29) is 6.54 Å². The van der Waals surface area contributed by atoms with E-state index in [9.17, 15) is 18.0 Å². The van der Waals surface area contributed by atoms with Crippen LogP contribution in [0.4, 0.5) is 0 Å². The molecule has 1 heterocycles. The number of rotatable bonds is 4. The smallest absolute Gasteiger partial charge is 0.310 e. The van der Waals surface area contributed by atoms with E-state index in [1.807, 2.05) is 0 Å². The molecule has 7 nitrogen and oxygen atoms in total. The first-order valence-electron chi connectivity index (χ1n) is 7.67. The molecule has 1 saturated heterocycles. The zero-order valence-electron chi connectivity index (χ0n) is 12.7. The molecule has 0 bridgehead atoms. The summed E-state index contributed by atoms with van der Waals surface area (Å²) in [6.45, 7) is 0.332. The van der Waals surface area contributed by atoms with Gasteiger partial charge in [0.1, 0.15) is 0 Å². The molecule has 0 radical (unpaired) electrons. The van der Waals surface area contributed by atoms with Crippen molar-refractivity contribution in [2.45, 2.75) is 43.8 Å². The number of hydrogen-bond acceptors (Lipinski definition) is 5. The summed E-state index contributed by atoms with van der Waals surface area (Å²) in [6, 6.07) is 0. The van der Waals surface area contributed by atoms with E-state index in [0.29, 0.717) is 32.2 Å². The minimum absolute atomic E-state index is 0.00204. The van der Waals surface area contributed by atoms with Crippen molar-refractivity contribution in [3.63, 3.8) is 0 Å². The Morgan fingerprint density at radius 3 is 2.45 bits per heavy atom. The van der Waals surface area contributed by atoms with Crippen LogP contribution in [0.2, 0.25) is 0 Å². The van der Waals surface area contributed by atoms with Gasteiger partial charge in [0.2, 0.25) is 10.0 Å². The molecule has 8 heteroatoms. The molecule has 1 saturated carbocycles. The Morgan fingerprint density at radius 1 is 1.14 bits per heavy atom. The zero-order chi connectivity index (χ0) is 16.3. The van der Waals surface area contributed by atoms with Crippen molar-refractivity contribution in [2.75, 3.05) is 20.2 Å². The first-order chi connectivity index (χ1) is 10.4. The SMILES string of the molecule is COC(=O)C1CCCCC1S(=O)(=O)N1CCCC(C(=O)O)C1. The van der Waals surface area contributed by atoms with Gasteiger partial charge >= 0.3 is 11.9 Å². The summed E-state index contributed by atoms with van der Waals surface area (Å²) >= 11 is 0. The summed E-state index contributed by atoms with van der Waals surface area (Å²) in [5.74, 6) is -2.76. The maximum atomic E-state index is 12.9. The number of ether oxygens (including phenoxy) is 1. The summed E-state index contributed by atoms with van der Waals surface area (Å²) in [5, 5.41) is 8.32. The van der Waals surface area contributed by atoms with Gasteiger partial charge < -0.3 is 9.84 Å². The number of sulfonamides is 1. The van der Waals surface area contributed by atoms with E-state index in [1.165, 1.54) is 11.4 Å². The van der Waals surface area contributed by atoms with Gasteiger partial charge in [0.25, 0.3) is 0 Å². The predicted molar refractivity (Wildman–Crippen MR) is 78.6 cm³/mol. The lowest BCUT2D eigenvalue weighted by molar-refractivity contribution is -0.146. The van der Waals surface area contributed by atoms with E-state index in [4.69, 9.17) is 9.84 Å². The Morgan fingerprint density at radius 2 is 1.82 bits per heavy atom. The van der Waals surface area contributed by atoms with Gasteiger partial charge in [-0.05, 0) is 25.7 Å². The first-order valence-corrected chi connectivity index (χ1v) is 9.18. The number of carbonyl (C=O) groups is 2. The maximum Gasteiger partial charge on any atom is 0.310 e. The lowest BCUT2D eigenvalue weighted by Gasteiger charge is -2.36. The lowest BCUT2D eigenvalue weighted by atomic mass is 9.89. The number of methoxy groups -OCH3 is 1. The van der Waals surface area contributed by atoms with Crippen LogP contribution in [-0.4, -0.2) is 55.2 Å². The molecule has 2 rings (SSSR count). The van der Waals surface area contributed by atoms with Crippen LogP contribution in [0.5, 0.6) is 0 Å². The van der Waals surface area contributed by atoms with Gasteiger partial charge in [0.05, 0.1) is 24.2 Å². The van der Waals surface area contributed by atoms with Gasteiger partial charge in [-0.15, -0.1) is 0 Å². The molecule has 126 valence electrons. The second-order valence-electron chi connectivity index (χ2n) is 6.03. The highest BCUT2D eigenvalue weighted by atomic mass is 32.2. The Balaban J connectivity index is 2.20. The van der Waals surface area contributed by atoms with E-state index >= 15 is 0 Å². The highest BCUT2D eigenvalue weighted by Gasteiger charge is 2.44. The fourth-order valence-electron chi connectivity index (χ4n) is 3.44. The molecule has 0 aromatic carbocycles. The number of carboxylic acid groups (broad SMARTS) is 1. The molecule has 0 aromatic rings. The van der Waals surface area contributed by atoms with Crippen LogP contribution in [0.15, 0.2) is 0 Å². The van der Waals surface area contributed by atoms with Crippen LogP contribution in [0.3, 0.4) is 0 Å². The van der Waals surface area contributed by atoms with Gasteiger partial charge in [-0.25, -0.2) is 12.7 Å². The van der Waals surface area contributed by atoms with Crippen LogP contribution < -0.4 is 0 Å². The summed E-state index contributed by atoms with van der Waals surface area (Å²) in [4.78, 5) is 23.0. The van der Waals surface area contributed by atoms with Gasteiger partial charge in [0, 0.05) is 13.1 Å². The Kier molecular flexibility index (Phi) is 5.44. The Bertz CT molecular complexity index is 531. The monoisotopic (exact) mass is 333 g/mol. The van der Waals surface area contributed by atoms with Gasteiger partial charge in [-0.3, -0.25) is 9.59 Å². The van der Waals surface area contributed by atoms with Crippen LogP contribution in [0, 0.1) is 11.8 Å². The zero-order valence-corrected chi connectivity index (χ0v) is 13.5. The first kappa shape index (κ1) is 17.2. The number of hydrogen-bond donors (Lipinski definition) is 1. The fourth-order valence-corrected chi connectivity index (χ4v) is 5.72. The third-order valence-corrected chi connectivity index (χ3v) is 7.06. The van der Waals surface area contributed by atoms with Gasteiger partial charge in [0.15, 0.2) is 0 Å². The number of aliphatic carboxylic acids is 1. The largest absolute Gasteiger partial charge is 0.481 e. The molecular formula is C14H23NO6S. The van der Waals surface area contributed by atoms with Gasteiger partial charge in [-0.1, -0.05) is 12.8 Å². The quantitative estimate of drug-likeness (QED) is 0.765. The minimum Gasteiger partial charge on any atom is -0.481 e. The molecule has 0 amide bonds. The second-order valence-corrected chi connectivity index (χ2v) is 8.18. The average molecular weight is 333 g/mol. The molecule has 1 aliphatic carbocycles. The number of esters is 1. The summed E-state index contributed by atoms with van der Waals surface area (Å²) < 4.78 is 31.7. The van der Waals surface area contributed by atoms with Crippen LogP contribution >= 0.6 is 0 Å². The lowest BCUT2D eigenvalue weighted by Crippen LogP contribution is -2.50.